The highest BCUT2D eigenvalue weighted by Gasteiger charge is 2.25. The molecular weight excluding hydrogens is 241 g/mol. The monoisotopic (exact) mass is 245 g/mol. The van der Waals surface area contributed by atoms with Gasteiger partial charge in [-0.1, -0.05) is 0 Å². The molecule has 7 heteroatoms. The average Bonchev–Trinajstić information content (AvgIpc) is 1.81. The molecule has 0 radical (unpaired) electrons. The summed E-state index contributed by atoms with van der Waals surface area (Å²) in [6, 6.07) is -1.26. The molecule has 64 valence electrons. The van der Waals surface area contributed by atoms with E-state index in [4.69, 9.17) is 22.0 Å². The van der Waals surface area contributed by atoms with Crippen LogP contribution in [0.25, 0.3) is 0 Å². The van der Waals surface area contributed by atoms with Crippen molar-refractivity contribution in [3.63, 3.8) is 0 Å². The lowest BCUT2D eigenvalue weighted by Gasteiger charge is -2.11. The van der Waals surface area contributed by atoms with Crippen molar-refractivity contribution in [1.82, 2.24) is 3.45 Å². The maximum absolute atomic E-state index is 10.3. The van der Waals surface area contributed by atoms with E-state index in [-0.39, 0.29) is 0 Å². The topological polar surface area (TPSA) is 77.8 Å². The lowest BCUT2D eigenvalue weighted by molar-refractivity contribution is -0.146. The van der Waals surface area contributed by atoms with Crippen LogP contribution in [-0.2, 0) is 9.59 Å². The zero-order valence-corrected chi connectivity index (χ0v) is 7.54. The van der Waals surface area contributed by atoms with Crippen LogP contribution in [0.1, 0.15) is 6.42 Å². The number of halogens is 2. The van der Waals surface area contributed by atoms with Gasteiger partial charge in [-0.2, -0.15) is 0 Å². The number of carboxylic acids is 2. The largest absolute Gasteiger partial charge is 0.481 e. The maximum atomic E-state index is 10.3. The lowest BCUT2D eigenvalue weighted by atomic mass is 10.2. The minimum atomic E-state index is -1.29. The Morgan fingerprint density at radius 2 is 2.00 bits per heavy atom. The first kappa shape index (κ1) is 10.7. The van der Waals surface area contributed by atoms with Crippen LogP contribution < -0.4 is 0 Å². The van der Waals surface area contributed by atoms with E-state index < -0.39 is 24.4 Å². The predicted molar refractivity (Wildman–Crippen MR) is 40.3 cm³/mol. The van der Waals surface area contributed by atoms with Crippen molar-refractivity contribution < 1.29 is 19.8 Å². The second kappa shape index (κ2) is 4.53. The highest BCUT2D eigenvalue weighted by Crippen LogP contribution is 2.12. The van der Waals surface area contributed by atoms with Crippen LogP contribution in [0.4, 0.5) is 0 Å². The van der Waals surface area contributed by atoms with Crippen molar-refractivity contribution >= 4 is 39.9 Å². The Morgan fingerprint density at radius 1 is 1.55 bits per heavy atom. The average molecular weight is 246 g/mol. The molecule has 0 aromatic carbocycles. The van der Waals surface area contributed by atoms with Crippen LogP contribution in [0.3, 0.4) is 0 Å². The first-order chi connectivity index (χ1) is 4.95. The molecule has 0 aromatic rings. The summed E-state index contributed by atoms with van der Waals surface area (Å²) < 4.78 is 0.642. The van der Waals surface area contributed by atoms with E-state index in [0.29, 0.717) is 3.45 Å². The van der Waals surface area contributed by atoms with Crippen LogP contribution in [0, 0.1) is 0 Å². The van der Waals surface area contributed by atoms with Gasteiger partial charge in [-0.3, -0.25) is 9.59 Å². The van der Waals surface area contributed by atoms with Gasteiger partial charge in [0.2, 0.25) is 0 Å². The second-order valence-electron chi connectivity index (χ2n) is 1.71. The van der Waals surface area contributed by atoms with E-state index in [0.717, 1.165) is 0 Å². The number of hydrogen-bond donors (Lipinski definition) is 2. The fourth-order valence-corrected chi connectivity index (χ4v) is 0.878. The van der Waals surface area contributed by atoms with Gasteiger partial charge in [0.05, 0.1) is 6.42 Å². The summed E-state index contributed by atoms with van der Waals surface area (Å²) in [6.45, 7) is 0. The Hall–Kier alpha value is -0.330. The van der Waals surface area contributed by atoms with E-state index in [1.165, 1.54) is 0 Å². The minimum absolute atomic E-state index is 0.552. The summed E-state index contributed by atoms with van der Waals surface area (Å²) >= 11 is 7.81. The first-order valence-corrected chi connectivity index (χ1v) is 3.55. The zero-order valence-electron chi connectivity index (χ0n) is 5.20. The second-order valence-corrected chi connectivity index (χ2v) is 3.25. The van der Waals surface area contributed by atoms with Crippen molar-refractivity contribution in [2.75, 3.05) is 0 Å². The summed E-state index contributed by atoms with van der Waals surface area (Å²) in [5.74, 6) is -2.51. The quantitative estimate of drug-likeness (QED) is 0.713. The standard InChI is InChI=1S/C4H5BrClNO4/c5-7(6)2(4(10)11)1-3(8)9/h2H,1H2,(H,8,9)(H,10,11)/t2-/m0/s1. The van der Waals surface area contributed by atoms with Crippen LogP contribution in [0.5, 0.6) is 0 Å². The van der Waals surface area contributed by atoms with Gasteiger partial charge in [0.1, 0.15) is 6.04 Å². The van der Waals surface area contributed by atoms with Crippen LogP contribution in [-0.4, -0.2) is 31.6 Å². The SMILES string of the molecule is O=C(O)C[C@@H](C(=O)O)N(Cl)Br. The van der Waals surface area contributed by atoms with E-state index in [2.05, 4.69) is 16.1 Å². The molecule has 0 aliphatic heterocycles. The fourth-order valence-electron chi connectivity index (χ4n) is 0.405. The summed E-state index contributed by atoms with van der Waals surface area (Å²) in [5.41, 5.74) is 0. The molecule has 0 saturated carbocycles. The third-order valence-electron chi connectivity index (χ3n) is 0.889. The number of hydrogen-bond acceptors (Lipinski definition) is 3. The third kappa shape index (κ3) is 4.18. The molecule has 0 aliphatic rings. The van der Waals surface area contributed by atoms with Gasteiger partial charge in [-0.05, 0) is 11.8 Å². The molecule has 11 heavy (non-hydrogen) atoms. The Balaban J connectivity index is 4.12. The highest BCUT2D eigenvalue weighted by molar-refractivity contribution is 9.08. The van der Waals surface area contributed by atoms with E-state index in [1.54, 1.807) is 0 Å². The molecule has 5 nitrogen and oxygen atoms in total. The Morgan fingerprint density at radius 3 is 2.09 bits per heavy atom. The molecular formula is C4H5BrClNO4. The van der Waals surface area contributed by atoms with Crippen LogP contribution >= 0.6 is 27.9 Å². The molecule has 0 bridgehead atoms. The van der Waals surface area contributed by atoms with Gasteiger partial charge in [0, 0.05) is 16.1 Å². The lowest BCUT2D eigenvalue weighted by Crippen LogP contribution is -2.31. The Labute approximate surface area is 76.0 Å². The fraction of sp³-hybridized carbons (Fsp3) is 0.500. The Bertz CT molecular complexity index is 173. The molecule has 0 spiro atoms. The first-order valence-electron chi connectivity index (χ1n) is 2.50. The van der Waals surface area contributed by atoms with E-state index in [9.17, 15) is 9.59 Å². The summed E-state index contributed by atoms with van der Waals surface area (Å²) in [6.07, 6.45) is -0.552. The van der Waals surface area contributed by atoms with Crippen molar-refractivity contribution in [2.45, 2.75) is 12.5 Å². The van der Waals surface area contributed by atoms with E-state index >= 15 is 0 Å². The van der Waals surface area contributed by atoms with Crippen molar-refractivity contribution in [3.8, 4) is 0 Å². The number of carbonyl (C=O) groups is 2. The van der Waals surface area contributed by atoms with E-state index in [1.807, 2.05) is 0 Å². The van der Waals surface area contributed by atoms with Crippen molar-refractivity contribution in [1.29, 1.82) is 0 Å². The molecule has 0 aromatic heterocycles. The van der Waals surface area contributed by atoms with Crippen LogP contribution in [0.15, 0.2) is 0 Å². The van der Waals surface area contributed by atoms with Gasteiger partial charge >= 0.3 is 11.9 Å². The van der Waals surface area contributed by atoms with Gasteiger partial charge in [0.15, 0.2) is 0 Å². The van der Waals surface area contributed by atoms with Gasteiger partial charge in [-0.25, -0.2) is 0 Å². The Kier molecular flexibility index (Phi) is 4.39. The number of carboxylic acid groups (broad SMARTS) is 2. The molecule has 0 amide bonds. The third-order valence-corrected chi connectivity index (χ3v) is 1.62. The molecule has 0 rings (SSSR count). The number of rotatable bonds is 4. The highest BCUT2D eigenvalue weighted by atomic mass is 79.9. The number of aliphatic carboxylic acids is 2. The molecule has 0 fully saturated rings. The van der Waals surface area contributed by atoms with Crippen molar-refractivity contribution in [2.24, 2.45) is 0 Å². The zero-order chi connectivity index (χ0) is 9.02. The summed E-state index contributed by atoms with van der Waals surface area (Å²) in [7, 11) is 0. The van der Waals surface area contributed by atoms with Crippen molar-refractivity contribution in [3.05, 3.63) is 0 Å². The predicted octanol–water partition coefficient (Wildman–Crippen LogP) is 0.680. The normalized spacial score (nSPS) is 13.0. The molecule has 2 N–H and O–H groups in total. The molecule has 0 aliphatic carbocycles. The molecule has 0 saturated heterocycles. The number of nitrogens with zero attached hydrogens (tertiary/aromatic N) is 1. The summed E-state index contributed by atoms with van der Waals surface area (Å²) in [5, 5.41) is 16.6. The maximum Gasteiger partial charge on any atom is 0.323 e. The van der Waals surface area contributed by atoms with Gasteiger partial charge < -0.3 is 10.2 Å². The summed E-state index contributed by atoms with van der Waals surface area (Å²) in [4.78, 5) is 20.3. The molecule has 0 unspecified atom stereocenters. The minimum Gasteiger partial charge on any atom is -0.481 e. The molecule has 1 atom stereocenters. The van der Waals surface area contributed by atoms with Crippen LogP contribution in [0.2, 0.25) is 0 Å². The van der Waals surface area contributed by atoms with Gasteiger partial charge in [-0.15, -0.1) is 3.45 Å². The van der Waals surface area contributed by atoms with Gasteiger partial charge in [0.25, 0.3) is 0 Å². The molecule has 0 heterocycles. The smallest absolute Gasteiger partial charge is 0.323 e.